The van der Waals surface area contributed by atoms with Crippen LogP contribution >= 0.6 is 0 Å². The number of likely N-dealkylation sites (tertiary alicyclic amines) is 1. The molecule has 0 aliphatic carbocycles. The van der Waals surface area contributed by atoms with Gasteiger partial charge in [0.1, 0.15) is 5.76 Å². The minimum absolute atomic E-state index is 0.355. The van der Waals surface area contributed by atoms with E-state index in [-0.39, 0.29) is 0 Å². The quantitative estimate of drug-likeness (QED) is 0.869. The molecule has 0 bridgehead atoms. The summed E-state index contributed by atoms with van der Waals surface area (Å²) in [6.45, 7) is 10.5. The number of nitrogens with zero attached hydrogens (tertiary/aromatic N) is 1. The van der Waals surface area contributed by atoms with E-state index in [1.54, 1.807) is 6.26 Å². The third-order valence-corrected chi connectivity index (χ3v) is 4.18. The van der Waals surface area contributed by atoms with Gasteiger partial charge in [0.15, 0.2) is 0 Å². The summed E-state index contributed by atoms with van der Waals surface area (Å²) in [6, 6.07) is 2.57. The van der Waals surface area contributed by atoms with Gasteiger partial charge in [-0.3, -0.25) is 4.90 Å². The van der Waals surface area contributed by atoms with Crippen LogP contribution in [0.5, 0.6) is 0 Å². The topological polar surface area (TPSA) is 37.6 Å². The maximum Gasteiger partial charge on any atom is 0.122 e. The summed E-state index contributed by atoms with van der Waals surface area (Å²) in [5, 5.41) is 3.42. The third-order valence-electron chi connectivity index (χ3n) is 4.18. The van der Waals surface area contributed by atoms with Gasteiger partial charge in [-0.15, -0.1) is 0 Å². The Morgan fingerprint density at radius 1 is 1.50 bits per heavy atom. The van der Waals surface area contributed by atoms with Crippen LogP contribution in [0.2, 0.25) is 0 Å². The molecule has 2 heterocycles. The fourth-order valence-corrected chi connectivity index (χ4v) is 2.75. The van der Waals surface area contributed by atoms with E-state index in [1.165, 1.54) is 12.0 Å². The van der Waals surface area contributed by atoms with Gasteiger partial charge >= 0.3 is 0 Å². The van der Waals surface area contributed by atoms with E-state index in [2.05, 4.69) is 37.1 Å². The number of nitrogens with one attached hydrogen (secondary N) is 1. The second-order valence-corrected chi connectivity index (χ2v) is 6.18. The molecular formula is C16H28N2O2. The van der Waals surface area contributed by atoms with Crippen molar-refractivity contribution in [1.29, 1.82) is 0 Å². The molecule has 1 N–H and O–H groups in total. The summed E-state index contributed by atoms with van der Waals surface area (Å²) in [6.07, 6.45) is 3.36. The van der Waals surface area contributed by atoms with Crippen LogP contribution in [0.1, 0.15) is 38.5 Å². The largest absolute Gasteiger partial charge is 0.468 e. The molecule has 114 valence electrons. The van der Waals surface area contributed by atoms with Crippen LogP contribution in [-0.2, 0) is 17.8 Å². The van der Waals surface area contributed by atoms with E-state index >= 15 is 0 Å². The highest BCUT2D eigenvalue weighted by molar-refractivity contribution is 5.17. The first kappa shape index (κ1) is 15.5. The van der Waals surface area contributed by atoms with E-state index < -0.39 is 0 Å². The first-order valence-corrected chi connectivity index (χ1v) is 7.64. The van der Waals surface area contributed by atoms with Gasteiger partial charge in [-0.05, 0) is 24.9 Å². The lowest BCUT2D eigenvalue weighted by molar-refractivity contribution is -0.00759. The van der Waals surface area contributed by atoms with Crippen molar-refractivity contribution in [3.63, 3.8) is 0 Å². The van der Waals surface area contributed by atoms with Crippen LogP contribution in [0.15, 0.2) is 16.7 Å². The molecule has 1 aliphatic rings. The van der Waals surface area contributed by atoms with E-state index in [9.17, 15) is 0 Å². The number of furan rings is 1. The average molecular weight is 280 g/mol. The molecule has 20 heavy (non-hydrogen) atoms. The Balaban J connectivity index is 1.91. The molecule has 0 spiro atoms. The van der Waals surface area contributed by atoms with Crippen LogP contribution < -0.4 is 5.32 Å². The molecule has 1 aliphatic heterocycles. The predicted molar refractivity (Wildman–Crippen MR) is 80.5 cm³/mol. The summed E-state index contributed by atoms with van der Waals surface area (Å²) in [5.41, 5.74) is 1.29. The Labute approximate surface area is 122 Å². The van der Waals surface area contributed by atoms with Crippen molar-refractivity contribution in [1.82, 2.24) is 10.2 Å². The van der Waals surface area contributed by atoms with Gasteiger partial charge in [0.2, 0.25) is 0 Å². The Morgan fingerprint density at radius 2 is 2.30 bits per heavy atom. The summed E-state index contributed by atoms with van der Waals surface area (Å²) >= 11 is 0. The van der Waals surface area contributed by atoms with Crippen molar-refractivity contribution in [3.05, 3.63) is 23.7 Å². The second-order valence-electron chi connectivity index (χ2n) is 6.18. The van der Waals surface area contributed by atoms with Crippen LogP contribution in [0.4, 0.5) is 0 Å². The van der Waals surface area contributed by atoms with Gasteiger partial charge < -0.3 is 14.5 Å². The highest BCUT2D eigenvalue weighted by Crippen LogP contribution is 2.22. The normalized spacial score (nSPS) is 24.4. The van der Waals surface area contributed by atoms with Crippen LogP contribution in [0.3, 0.4) is 0 Å². The number of piperidine rings is 1. The zero-order valence-corrected chi connectivity index (χ0v) is 13.2. The molecule has 4 heteroatoms. The minimum Gasteiger partial charge on any atom is -0.468 e. The van der Waals surface area contributed by atoms with E-state index in [0.717, 1.165) is 31.9 Å². The van der Waals surface area contributed by atoms with Gasteiger partial charge in [0, 0.05) is 31.8 Å². The first-order chi connectivity index (χ1) is 9.60. The summed E-state index contributed by atoms with van der Waals surface area (Å²) in [4.78, 5) is 2.47. The van der Waals surface area contributed by atoms with Crippen LogP contribution in [0, 0.1) is 5.92 Å². The number of rotatable bonds is 6. The van der Waals surface area contributed by atoms with Crippen molar-refractivity contribution in [2.24, 2.45) is 5.92 Å². The van der Waals surface area contributed by atoms with Gasteiger partial charge in [0.05, 0.1) is 18.9 Å². The lowest BCUT2D eigenvalue weighted by Gasteiger charge is -2.36. The highest BCUT2D eigenvalue weighted by atomic mass is 16.5. The summed E-state index contributed by atoms with van der Waals surface area (Å²) in [7, 11) is 1.82. The van der Waals surface area contributed by atoms with Crippen molar-refractivity contribution < 1.29 is 9.15 Å². The number of hydrogen-bond acceptors (Lipinski definition) is 4. The lowest BCUT2D eigenvalue weighted by Crippen LogP contribution is -2.43. The fraction of sp³-hybridized carbons (Fsp3) is 0.750. The first-order valence-electron chi connectivity index (χ1n) is 7.64. The average Bonchev–Trinajstić information content (AvgIpc) is 2.86. The molecule has 0 radical (unpaired) electrons. The third kappa shape index (κ3) is 4.08. The predicted octanol–water partition coefficient (Wildman–Crippen LogP) is 2.63. The van der Waals surface area contributed by atoms with Gasteiger partial charge in [0.25, 0.3) is 0 Å². The molecule has 2 unspecified atom stereocenters. The molecule has 4 nitrogen and oxygen atoms in total. The smallest absolute Gasteiger partial charge is 0.122 e. The summed E-state index contributed by atoms with van der Waals surface area (Å²) in [5.74, 6) is 1.72. The molecular weight excluding hydrogens is 252 g/mol. The zero-order chi connectivity index (χ0) is 14.5. The molecule has 1 aromatic rings. The molecule has 0 aromatic carbocycles. The molecule has 0 amide bonds. The Bertz CT molecular complexity index is 403. The van der Waals surface area contributed by atoms with Gasteiger partial charge in [-0.2, -0.15) is 0 Å². The van der Waals surface area contributed by atoms with E-state index in [0.29, 0.717) is 18.1 Å². The molecule has 2 atom stereocenters. The van der Waals surface area contributed by atoms with Gasteiger partial charge in [-0.1, -0.05) is 20.8 Å². The lowest BCUT2D eigenvalue weighted by atomic mass is 9.95. The maximum absolute atomic E-state index is 5.61. The number of methoxy groups -OCH3 is 1. The van der Waals surface area contributed by atoms with Crippen LogP contribution in [0.25, 0.3) is 0 Å². The maximum atomic E-state index is 5.61. The van der Waals surface area contributed by atoms with E-state index in [4.69, 9.17) is 9.15 Å². The summed E-state index contributed by atoms with van der Waals surface area (Å²) < 4.78 is 11.2. The molecule has 2 rings (SSSR count). The minimum atomic E-state index is 0.355. The van der Waals surface area contributed by atoms with Crippen LogP contribution in [-0.4, -0.2) is 37.2 Å². The van der Waals surface area contributed by atoms with Crippen molar-refractivity contribution in [2.75, 3.05) is 20.2 Å². The molecule has 0 saturated carbocycles. The van der Waals surface area contributed by atoms with Gasteiger partial charge in [-0.25, -0.2) is 0 Å². The molecule has 1 fully saturated rings. The Kier molecular flexibility index (Phi) is 5.64. The second kappa shape index (κ2) is 7.25. The SMILES string of the molecule is COC1CN(Cc2ccoc2CNC(C)C)CCC1C. The van der Waals surface area contributed by atoms with E-state index in [1.807, 2.05) is 7.11 Å². The zero-order valence-electron chi connectivity index (χ0n) is 13.2. The molecule has 1 aromatic heterocycles. The monoisotopic (exact) mass is 280 g/mol. The van der Waals surface area contributed by atoms with Crippen molar-refractivity contribution >= 4 is 0 Å². The van der Waals surface area contributed by atoms with Crippen molar-refractivity contribution in [2.45, 2.75) is 52.4 Å². The number of ether oxygens (including phenoxy) is 1. The number of hydrogen-bond donors (Lipinski definition) is 1. The van der Waals surface area contributed by atoms with Crippen molar-refractivity contribution in [3.8, 4) is 0 Å². The highest BCUT2D eigenvalue weighted by Gasteiger charge is 2.26. The molecule has 1 saturated heterocycles. The Morgan fingerprint density at radius 3 is 3.00 bits per heavy atom. The Hall–Kier alpha value is -0.840. The standard InChI is InChI=1S/C16H28N2O2/c1-12(2)17-9-15-14(6-8-20-15)10-18-7-5-13(3)16(11-18)19-4/h6,8,12-13,16-17H,5,7,9-11H2,1-4H3. The fourth-order valence-electron chi connectivity index (χ4n) is 2.75.